The molecule has 0 heterocycles. The minimum Gasteiger partial charge on any atom is -0.326 e. The van der Waals surface area contributed by atoms with Gasteiger partial charge in [0.15, 0.2) is 0 Å². The molecule has 0 radical (unpaired) electrons. The van der Waals surface area contributed by atoms with Crippen LogP contribution in [0, 0.1) is 22.7 Å². The molecule has 102 valence electrons. The van der Waals surface area contributed by atoms with E-state index in [-0.39, 0.29) is 19.0 Å². The maximum atomic E-state index is 12.1. The molecule has 1 aromatic carbocycles. The summed E-state index contributed by atoms with van der Waals surface area (Å²) in [6, 6.07) is 10.1. The lowest BCUT2D eigenvalue weighted by molar-refractivity contribution is -0.115. The Hall–Kier alpha value is -2.86. The first-order valence-corrected chi connectivity index (χ1v) is 6.05. The Morgan fingerprint density at radius 2 is 1.90 bits per heavy atom. The van der Waals surface area contributed by atoms with Crippen LogP contribution in [0.3, 0.4) is 0 Å². The molecule has 0 bridgehead atoms. The fourth-order valence-electron chi connectivity index (χ4n) is 1.53. The molecular formula is C14H14N4O2. The van der Waals surface area contributed by atoms with Gasteiger partial charge in [-0.1, -0.05) is 13.0 Å². The number of nitrogens with zero attached hydrogens (tertiary/aromatic N) is 3. The lowest BCUT2D eigenvalue weighted by Gasteiger charge is -2.16. The van der Waals surface area contributed by atoms with Gasteiger partial charge in [0.2, 0.25) is 5.91 Å². The van der Waals surface area contributed by atoms with Crippen molar-refractivity contribution < 1.29 is 9.59 Å². The van der Waals surface area contributed by atoms with Crippen LogP contribution in [-0.2, 0) is 4.79 Å². The summed E-state index contributed by atoms with van der Waals surface area (Å²) in [5, 5.41) is 20.0. The molecule has 6 nitrogen and oxygen atoms in total. The SMILES string of the molecule is CCC(=O)Nc1cccc(C(=O)N(CC#N)CC#N)c1. The highest BCUT2D eigenvalue weighted by Crippen LogP contribution is 2.13. The average Bonchev–Trinajstić information content (AvgIpc) is 2.46. The lowest BCUT2D eigenvalue weighted by atomic mass is 10.1. The Morgan fingerprint density at radius 3 is 2.45 bits per heavy atom. The van der Waals surface area contributed by atoms with Crippen LogP contribution >= 0.6 is 0 Å². The first kappa shape index (κ1) is 15.2. The zero-order valence-corrected chi connectivity index (χ0v) is 11.1. The molecule has 0 aromatic heterocycles. The number of nitriles is 2. The van der Waals surface area contributed by atoms with Gasteiger partial charge in [-0.3, -0.25) is 9.59 Å². The highest BCUT2D eigenvalue weighted by Gasteiger charge is 2.15. The van der Waals surface area contributed by atoms with Crippen molar-refractivity contribution in [3.05, 3.63) is 29.8 Å². The van der Waals surface area contributed by atoms with E-state index in [9.17, 15) is 9.59 Å². The van der Waals surface area contributed by atoms with Crippen molar-refractivity contribution in [3.8, 4) is 12.1 Å². The number of carbonyl (C=O) groups is 2. The van der Waals surface area contributed by atoms with Gasteiger partial charge in [0.05, 0.1) is 12.1 Å². The van der Waals surface area contributed by atoms with Gasteiger partial charge in [-0.2, -0.15) is 10.5 Å². The number of nitrogens with one attached hydrogen (secondary N) is 1. The van der Waals surface area contributed by atoms with Crippen LogP contribution in [0.15, 0.2) is 24.3 Å². The minimum absolute atomic E-state index is 0.152. The van der Waals surface area contributed by atoms with Gasteiger partial charge >= 0.3 is 0 Å². The molecule has 1 aromatic rings. The molecular weight excluding hydrogens is 256 g/mol. The highest BCUT2D eigenvalue weighted by molar-refractivity contribution is 5.97. The van der Waals surface area contributed by atoms with Crippen molar-refractivity contribution in [1.82, 2.24) is 4.90 Å². The zero-order chi connectivity index (χ0) is 15.0. The van der Waals surface area contributed by atoms with E-state index < -0.39 is 5.91 Å². The Balaban J connectivity index is 2.93. The summed E-state index contributed by atoms with van der Waals surface area (Å²) in [5.74, 6) is -0.568. The number of benzene rings is 1. The van der Waals surface area contributed by atoms with Crippen molar-refractivity contribution in [2.75, 3.05) is 18.4 Å². The van der Waals surface area contributed by atoms with Gasteiger partial charge < -0.3 is 10.2 Å². The van der Waals surface area contributed by atoms with E-state index in [2.05, 4.69) is 5.32 Å². The third kappa shape index (κ3) is 4.11. The molecule has 0 saturated carbocycles. The van der Waals surface area contributed by atoms with E-state index in [1.54, 1.807) is 25.1 Å². The predicted octanol–water partition coefficient (Wildman–Crippen LogP) is 1.52. The first-order chi connectivity index (χ1) is 9.62. The number of hydrogen-bond acceptors (Lipinski definition) is 4. The maximum Gasteiger partial charge on any atom is 0.255 e. The monoisotopic (exact) mass is 270 g/mol. The Labute approximate surface area is 117 Å². The molecule has 20 heavy (non-hydrogen) atoms. The summed E-state index contributed by atoms with van der Waals surface area (Å²) >= 11 is 0. The van der Waals surface area contributed by atoms with Gasteiger partial charge in [-0.15, -0.1) is 0 Å². The highest BCUT2D eigenvalue weighted by atomic mass is 16.2. The number of anilines is 1. The Morgan fingerprint density at radius 1 is 1.25 bits per heavy atom. The molecule has 0 spiro atoms. The van der Waals surface area contributed by atoms with Crippen LogP contribution in [-0.4, -0.2) is 29.8 Å². The van der Waals surface area contributed by atoms with Gasteiger partial charge in [-0.25, -0.2) is 0 Å². The summed E-state index contributed by atoms with van der Waals surface area (Å²) in [5.41, 5.74) is 0.834. The van der Waals surface area contributed by atoms with Crippen molar-refractivity contribution in [2.45, 2.75) is 13.3 Å². The molecule has 0 fully saturated rings. The van der Waals surface area contributed by atoms with Crippen LogP contribution < -0.4 is 5.32 Å². The Bertz CT molecular complexity index is 568. The lowest BCUT2D eigenvalue weighted by Crippen LogP contribution is -2.31. The number of carbonyl (C=O) groups excluding carboxylic acids is 2. The van der Waals surface area contributed by atoms with Gasteiger partial charge in [0, 0.05) is 17.7 Å². The number of amides is 2. The maximum absolute atomic E-state index is 12.1. The fourth-order valence-corrected chi connectivity index (χ4v) is 1.53. The zero-order valence-electron chi connectivity index (χ0n) is 11.1. The largest absolute Gasteiger partial charge is 0.326 e. The summed E-state index contributed by atoms with van der Waals surface area (Å²) < 4.78 is 0. The van der Waals surface area contributed by atoms with Crippen LogP contribution in [0.25, 0.3) is 0 Å². The van der Waals surface area contributed by atoms with Crippen LogP contribution in [0.1, 0.15) is 23.7 Å². The second-order valence-corrected chi connectivity index (χ2v) is 3.96. The fraction of sp³-hybridized carbons (Fsp3) is 0.286. The summed E-state index contributed by atoms with van der Waals surface area (Å²) in [4.78, 5) is 24.6. The van der Waals surface area contributed by atoms with Crippen molar-refractivity contribution in [2.24, 2.45) is 0 Å². The molecule has 0 atom stereocenters. The topological polar surface area (TPSA) is 97.0 Å². The smallest absolute Gasteiger partial charge is 0.255 e. The van der Waals surface area contributed by atoms with Crippen molar-refractivity contribution in [3.63, 3.8) is 0 Å². The van der Waals surface area contributed by atoms with Crippen LogP contribution in [0.2, 0.25) is 0 Å². The van der Waals surface area contributed by atoms with E-state index in [4.69, 9.17) is 10.5 Å². The van der Waals surface area contributed by atoms with E-state index in [0.717, 1.165) is 4.90 Å². The number of rotatable bonds is 5. The summed E-state index contributed by atoms with van der Waals surface area (Å²) in [6.07, 6.45) is 0.340. The van der Waals surface area contributed by atoms with Gasteiger partial charge in [0.25, 0.3) is 5.91 Å². The molecule has 0 unspecified atom stereocenters. The van der Waals surface area contributed by atoms with E-state index >= 15 is 0 Å². The third-order valence-electron chi connectivity index (χ3n) is 2.52. The van der Waals surface area contributed by atoms with E-state index in [1.165, 1.54) is 6.07 Å². The van der Waals surface area contributed by atoms with Crippen LogP contribution in [0.5, 0.6) is 0 Å². The molecule has 6 heteroatoms. The second-order valence-electron chi connectivity index (χ2n) is 3.96. The molecule has 0 aliphatic rings. The molecule has 0 aliphatic carbocycles. The number of hydrogen-bond donors (Lipinski definition) is 1. The minimum atomic E-state index is -0.416. The van der Waals surface area contributed by atoms with Crippen molar-refractivity contribution in [1.29, 1.82) is 10.5 Å². The van der Waals surface area contributed by atoms with E-state index in [0.29, 0.717) is 17.7 Å². The quantitative estimate of drug-likeness (QED) is 0.820. The molecule has 2 amide bonds. The normalized spacial score (nSPS) is 9.15. The molecule has 1 N–H and O–H groups in total. The molecule has 0 saturated heterocycles. The first-order valence-electron chi connectivity index (χ1n) is 6.05. The average molecular weight is 270 g/mol. The second kappa shape index (κ2) is 7.55. The van der Waals surface area contributed by atoms with Crippen molar-refractivity contribution >= 4 is 17.5 Å². The van der Waals surface area contributed by atoms with E-state index in [1.807, 2.05) is 12.1 Å². The predicted molar refractivity (Wildman–Crippen MR) is 72.5 cm³/mol. The third-order valence-corrected chi connectivity index (χ3v) is 2.52. The standard InChI is InChI=1S/C14H14N4O2/c1-2-13(19)17-12-5-3-4-11(10-12)14(20)18(8-6-15)9-7-16/h3-5,10H,2,8-9H2,1H3,(H,17,19). The summed E-state index contributed by atoms with van der Waals surface area (Å²) in [6.45, 7) is 1.42. The Kier molecular flexibility index (Phi) is 5.74. The molecule has 0 aliphatic heterocycles. The molecule has 1 rings (SSSR count). The summed E-state index contributed by atoms with van der Waals surface area (Å²) in [7, 11) is 0. The van der Waals surface area contributed by atoms with Crippen LogP contribution in [0.4, 0.5) is 5.69 Å². The van der Waals surface area contributed by atoms with Gasteiger partial charge in [-0.05, 0) is 18.2 Å². The van der Waals surface area contributed by atoms with Gasteiger partial charge in [0.1, 0.15) is 13.1 Å².